The first-order valence-electron chi connectivity index (χ1n) is 7.92. The number of hydrogen-bond acceptors (Lipinski definition) is 3. The number of nitrogens with zero attached hydrogens (tertiary/aromatic N) is 1. The summed E-state index contributed by atoms with van der Waals surface area (Å²) in [6.45, 7) is 3.83. The summed E-state index contributed by atoms with van der Waals surface area (Å²) >= 11 is 0. The lowest BCUT2D eigenvalue weighted by Crippen LogP contribution is -2.40. The van der Waals surface area contributed by atoms with E-state index in [2.05, 4.69) is 0 Å². The zero-order valence-corrected chi connectivity index (χ0v) is 14.3. The number of carbonyl (C=O) groups excluding carboxylic acids is 1. The van der Waals surface area contributed by atoms with Crippen LogP contribution in [0, 0.1) is 17.7 Å². The molecule has 1 fully saturated rings. The third-order valence-electron chi connectivity index (χ3n) is 4.48. The number of halogens is 2. The molecule has 4 nitrogen and oxygen atoms in total. The monoisotopic (exact) mass is 344 g/mol. The van der Waals surface area contributed by atoms with Gasteiger partial charge in [0.05, 0.1) is 6.10 Å². The van der Waals surface area contributed by atoms with E-state index in [9.17, 15) is 14.3 Å². The van der Waals surface area contributed by atoms with Gasteiger partial charge in [-0.25, -0.2) is 4.39 Å². The maximum Gasteiger partial charge on any atom is 0.222 e. The van der Waals surface area contributed by atoms with Crippen molar-refractivity contribution in [3.63, 3.8) is 0 Å². The standard InChI is InChI=1S/C17H25FN2O2.ClH/c1-12(11-19)10-16(21)20-8-6-14(7-9-20)17(22)13-2-4-15(18)5-3-13;/h2-5,12,14,17,22H,6-11,19H2,1H3;1H. The van der Waals surface area contributed by atoms with Crippen LogP contribution in [-0.2, 0) is 4.79 Å². The molecule has 0 aromatic heterocycles. The maximum absolute atomic E-state index is 12.9. The Balaban J connectivity index is 0.00000264. The molecule has 6 heteroatoms. The highest BCUT2D eigenvalue weighted by Crippen LogP contribution is 2.31. The van der Waals surface area contributed by atoms with E-state index in [4.69, 9.17) is 5.73 Å². The van der Waals surface area contributed by atoms with Crippen molar-refractivity contribution in [2.75, 3.05) is 19.6 Å². The summed E-state index contributed by atoms with van der Waals surface area (Å²) in [4.78, 5) is 14.0. The molecular weight excluding hydrogens is 319 g/mol. The molecule has 3 N–H and O–H groups in total. The summed E-state index contributed by atoms with van der Waals surface area (Å²) in [5.74, 6) is 0.162. The van der Waals surface area contributed by atoms with Gasteiger partial charge in [-0.15, -0.1) is 12.4 Å². The van der Waals surface area contributed by atoms with Crippen LogP contribution in [0.4, 0.5) is 4.39 Å². The van der Waals surface area contributed by atoms with Crippen LogP contribution < -0.4 is 5.73 Å². The van der Waals surface area contributed by atoms with Crippen molar-refractivity contribution in [3.8, 4) is 0 Å². The van der Waals surface area contributed by atoms with Gasteiger partial charge in [0.1, 0.15) is 5.82 Å². The number of aliphatic hydroxyl groups excluding tert-OH is 1. The third kappa shape index (κ3) is 5.44. The number of hydrogen-bond donors (Lipinski definition) is 2. The van der Waals surface area contributed by atoms with E-state index >= 15 is 0 Å². The van der Waals surface area contributed by atoms with Crippen molar-refractivity contribution in [1.29, 1.82) is 0 Å². The van der Waals surface area contributed by atoms with E-state index < -0.39 is 6.10 Å². The van der Waals surface area contributed by atoms with Gasteiger partial charge in [0.25, 0.3) is 0 Å². The van der Waals surface area contributed by atoms with Gasteiger partial charge in [0.2, 0.25) is 5.91 Å². The van der Waals surface area contributed by atoms with Crippen molar-refractivity contribution >= 4 is 18.3 Å². The largest absolute Gasteiger partial charge is 0.388 e. The molecule has 2 rings (SSSR count). The molecule has 1 aliphatic rings. The lowest BCUT2D eigenvalue weighted by atomic mass is 9.87. The third-order valence-corrected chi connectivity index (χ3v) is 4.48. The number of piperidine rings is 1. The van der Waals surface area contributed by atoms with Crippen LogP contribution in [-0.4, -0.2) is 35.5 Å². The van der Waals surface area contributed by atoms with Gasteiger partial charge < -0.3 is 15.7 Å². The molecule has 1 saturated heterocycles. The first-order chi connectivity index (χ1) is 10.5. The Bertz CT molecular complexity index is 490. The van der Waals surface area contributed by atoms with Crippen LogP contribution in [0.3, 0.4) is 0 Å². The van der Waals surface area contributed by atoms with Crippen molar-refractivity contribution in [2.24, 2.45) is 17.6 Å². The van der Waals surface area contributed by atoms with E-state index in [1.54, 1.807) is 12.1 Å². The van der Waals surface area contributed by atoms with Crippen LogP contribution >= 0.6 is 12.4 Å². The summed E-state index contributed by atoms with van der Waals surface area (Å²) in [7, 11) is 0. The van der Waals surface area contributed by atoms with E-state index in [1.807, 2.05) is 11.8 Å². The molecule has 1 aromatic rings. The fraction of sp³-hybridized carbons (Fsp3) is 0.588. The average molecular weight is 345 g/mol. The highest BCUT2D eigenvalue weighted by Gasteiger charge is 2.28. The fourth-order valence-corrected chi connectivity index (χ4v) is 2.91. The quantitative estimate of drug-likeness (QED) is 0.862. The predicted octanol–water partition coefficient (Wildman–Crippen LogP) is 2.50. The number of aliphatic hydroxyl groups is 1. The van der Waals surface area contributed by atoms with E-state index in [0.29, 0.717) is 26.1 Å². The summed E-state index contributed by atoms with van der Waals surface area (Å²) in [6.07, 6.45) is 1.42. The summed E-state index contributed by atoms with van der Waals surface area (Å²) < 4.78 is 12.9. The molecular formula is C17H26ClFN2O2. The number of carbonyl (C=O) groups is 1. The number of amides is 1. The molecule has 2 unspecified atom stereocenters. The number of likely N-dealkylation sites (tertiary alicyclic amines) is 1. The zero-order valence-electron chi connectivity index (χ0n) is 13.5. The molecule has 0 aliphatic carbocycles. The lowest BCUT2D eigenvalue weighted by molar-refractivity contribution is -0.134. The molecule has 0 saturated carbocycles. The van der Waals surface area contributed by atoms with E-state index in [0.717, 1.165) is 18.4 Å². The highest BCUT2D eigenvalue weighted by molar-refractivity contribution is 5.85. The minimum Gasteiger partial charge on any atom is -0.388 e. The topological polar surface area (TPSA) is 66.6 Å². The second-order valence-corrected chi connectivity index (χ2v) is 6.26. The molecule has 1 heterocycles. The van der Waals surface area contributed by atoms with E-state index in [1.165, 1.54) is 12.1 Å². The second-order valence-electron chi connectivity index (χ2n) is 6.26. The maximum atomic E-state index is 12.9. The molecule has 23 heavy (non-hydrogen) atoms. The minimum absolute atomic E-state index is 0. The van der Waals surface area contributed by atoms with E-state index in [-0.39, 0.29) is 36.0 Å². The van der Waals surface area contributed by atoms with Gasteiger partial charge in [-0.1, -0.05) is 19.1 Å². The summed E-state index contributed by atoms with van der Waals surface area (Å²) in [5.41, 5.74) is 6.30. The minimum atomic E-state index is -0.596. The molecule has 1 amide bonds. The van der Waals surface area contributed by atoms with Gasteiger partial charge in [-0.3, -0.25) is 4.79 Å². The Morgan fingerprint density at radius 2 is 1.91 bits per heavy atom. The van der Waals surface area contributed by atoms with Crippen molar-refractivity contribution in [1.82, 2.24) is 4.90 Å². The van der Waals surface area contributed by atoms with Crippen LogP contribution in [0.5, 0.6) is 0 Å². The highest BCUT2D eigenvalue weighted by atomic mass is 35.5. The Kier molecular flexibility index (Phi) is 7.95. The summed E-state index contributed by atoms with van der Waals surface area (Å²) in [5, 5.41) is 10.4. The fourth-order valence-electron chi connectivity index (χ4n) is 2.91. The molecule has 0 radical (unpaired) electrons. The van der Waals surface area contributed by atoms with Crippen LogP contribution in [0.1, 0.15) is 37.9 Å². The molecule has 1 aromatic carbocycles. The average Bonchev–Trinajstić information content (AvgIpc) is 2.55. The van der Waals surface area contributed by atoms with Crippen LogP contribution in [0.15, 0.2) is 24.3 Å². The lowest BCUT2D eigenvalue weighted by Gasteiger charge is -2.34. The summed E-state index contributed by atoms with van der Waals surface area (Å²) in [6, 6.07) is 5.98. The van der Waals surface area contributed by atoms with Gasteiger partial charge >= 0.3 is 0 Å². The van der Waals surface area contributed by atoms with Gasteiger partial charge in [-0.05, 0) is 48.9 Å². The molecule has 2 atom stereocenters. The Morgan fingerprint density at radius 3 is 2.43 bits per heavy atom. The molecule has 130 valence electrons. The SMILES string of the molecule is CC(CN)CC(=O)N1CCC(C(O)c2ccc(F)cc2)CC1.Cl. The van der Waals surface area contributed by atoms with Crippen molar-refractivity contribution < 1.29 is 14.3 Å². The van der Waals surface area contributed by atoms with Crippen molar-refractivity contribution in [3.05, 3.63) is 35.6 Å². The number of benzene rings is 1. The Morgan fingerprint density at radius 1 is 1.35 bits per heavy atom. The Hall–Kier alpha value is -1.17. The van der Waals surface area contributed by atoms with Crippen LogP contribution in [0.2, 0.25) is 0 Å². The predicted molar refractivity (Wildman–Crippen MR) is 90.7 cm³/mol. The normalized spacial score (nSPS) is 18.2. The van der Waals surface area contributed by atoms with Crippen molar-refractivity contribution in [2.45, 2.75) is 32.3 Å². The first-order valence-corrected chi connectivity index (χ1v) is 7.92. The Labute approximate surface area is 143 Å². The second kappa shape index (κ2) is 9.21. The molecule has 0 bridgehead atoms. The van der Waals surface area contributed by atoms with Gasteiger partial charge in [-0.2, -0.15) is 0 Å². The number of rotatable bonds is 5. The molecule has 0 spiro atoms. The molecule has 1 aliphatic heterocycles. The zero-order chi connectivity index (χ0) is 16.1. The van der Waals surface area contributed by atoms with Crippen LogP contribution in [0.25, 0.3) is 0 Å². The van der Waals surface area contributed by atoms with Gasteiger partial charge in [0, 0.05) is 19.5 Å². The van der Waals surface area contributed by atoms with Gasteiger partial charge in [0.15, 0.2) is 0 Å². The first kappa shape index (κ1) is 19.9. The smallest absolute Gasteiger partial charge is 0.222 e. The number of nitrogens with two attached hydrogens (primary N) is 1.